The Kier molecular flexibility index (Phi) is 2.57. The zero-order valence-corrected chi connectivity index (χ0v) is 9.33. The molecule has 82 valence electrons. The fourth-order valence-electron chi connectivity index (χ4n) is 2.19. The average Bonchev–Trinajstić information content (AvgIpc) is 2.90. The molecule has 0 radical (unpaired) electrons. The number of rotatable bonds is 3. The molecule has 14 heavy (non-hydrogen) atoms. The van der Waals surface area contributed by atoms with Crippen molar-refractivity contribution in [3.8, 4) is 0 Å². The Balaban J connectivity index is 2.11. The van der Waals surface area contributed by atoms with E-state index in [4.69, 9.17) is 5.73 Å². The minimum Gasteiger partial charge on any atom is -0.330 e. The molecule has 0 amide bonds. The van der Waals surface area contributed by atoms with E-state index in [2.05, 4.69) is 0 Å². The summed E-state index contributed by atoms with van der Waals surface area (Å²) in [6, 6.07) is 0.147. The van der Waals surface area contributed by atoms with Gasteiger partial charge in [0, 0.05) is 12.6 Å². The molecule has 1 aliphatic carbocycles. The van der Waals surface area contributed by atoms with Crippen LogP contribution in [0.1, 0.15) is 26.2 Å². The summed E-state index contributed by atoms with van der Waals surface area (Å²) in [4.78, 5) is 0. The number of hydrogen-bond donors (Lipinski definition) is 1. The summed E-state index contributed by atoms with van der Waals surface area (Å²) >= 11 is 0. The van der Waals surface area contributed by atoms with Crippen molar-refractivity contribution >= 4 is 10.0 Å². The SMILES string of the molecule is CC1CC(CN)CN1S(=O)(=O)C1CC1. The fraction of sp³-hybridized carbons (Fsp3) is 1.00. The molecule has 2 unspecified atom stereocenters. The summed E-state index contributed by atoms with van der Waals surface area (Å²) in [5.74, 6) is 0.360. The predicted octanol–water partition coefficient (Wildman–Crippen LogP) is 0.148. The van der Waals surface area contributed by atoms with Gasteiger partial charge in [-0.15, -0.1) is 0 Å². The lowest BCUT2D eigenvalue weighted by atomic mass is 10.1. The first-order chi connectivity index (χ1) is 6.55. The van der Waals surface area contributed by atoms with Crippen molar-refractivity contribution < 1.29 is 8.42 Å². The van der Waals surface area contributed by atoms with Crippen LogP contribution in [-0.2, 0) is 10.0 Å². The van der Waals surface area contributed by atoms with E-state index < -0.39 is 10.0 Å². The molecule has 1 aliphatic heterocycles. The van der Waals surface area contributed by atoms with Crippen LogP contribution in [0.2, 0.25) is 0 Å². The quantitative estimate of drug-likeness (QED) is 0.733. The standard InChI is InChI=1S/C9H18N2O2S/c1-7-4-8(5-10)6-11(7)14(12,13)9-2-3-9/h7-9H,2-6,10H2,1H3. The lowest BCUT2D eigenvalue weighted by Crippen LogP contribution is -2.36. The van der Waals surface area contributed by atoms with Gasteiger partial charge in [0.25, 0.3) is 0 Å². The topological polar surface area (TPSA) is 63.4 Å². The van der Waals surface area contributed by atoms with Crippen molar-refractivity contribution in [3.05, 3.63) is 0 Å². The van der Waals surface area contributed by atoms with Gasteiger partial charge in [0.2, 0.25) is 10.0 Å². The van der Waals surface area contributed by atoms with Crippen LogP contribution in [0.4, 0.5) is 0 Å². The van der Waals surface area contributed by atoms with E-state index in [1.54, 1.807) is 4.31 Å². The summed E-state index contributed by atoms with van der Waals surface area (Å²) in [5.41, 5.74) is 5.57. The number of nitrogens with two attached hydrogens (primary N) is 1. The van der Waals surface area contributed by atoms with E-state index in [0.717, 1.165) is 19.3 Å². The van der Waals surface area contributed by atoms with Gasteiger partial charge in [0.05, 0.1) is 5.25 Å². The van der Waals surface area contributed by atoms with Gasteiger partial charge in [0.15, 0.2) is 0 Å². The highest BCUT2D eigenvalue weighted by Gasteiger charge is 2.45. The molecule has 5 heteroatoms. The normalized spacial score (nSPS) is 35.0. The Morgan fingerprint density at radius 2 is 2.07 bits per heavy atom. The molecule has 4 nitrogen and oxygen atoms in total. The third kappa shape index (κ3) is 1.68. The molecule has 2 atom stereocenters. The monoisotopic (exact) mass is 218 g/mol. The summed E-state index contributed by atoms with van der Waals surface area (Å²) in [6.45, 7) is 3.22. The smallest absolute Gasteiger partial charge is 0.217 e. The van der Waals surface area contributed by atoms with Gasteiger partial charge in [0.1, 0.15) is 0 Å². The van der Waals surface area contributed by atoms with Gasteiger partial charge in [-0.1, -0.05) is 0 Å². The molecular weight excluding hydrogens is 200 g/mol. The van der Waals surface area contributed by atoms with E-state index >= 15 is 0 Å². The number of hydrogen-bond acceptors (Lipinski definition) is 3. The molecular formula is C9H18N2O2S. The van der Waals surface area contributed by atoms with Crippen molar-refractivity contribution in [1.29, 1.82) is 0 Å². The maximum atomic E-state index is 12.0. The first kappa shape index (κ1) is 10.4. The zero-order valence-electron chi connectivity index (χ0n) is 8.52. The summed E-state index contributed by atoms with van der Waals surface area (Å²) in [7, 11) is -2.98. The van der Waals surface area contributed by atoms with Gasteiger partial charge in [-0.2, -0.15) is 4.31 Å². The minimum atomic E-state index is -2.98. The second kappa shape index (κ2) is 3.47. The second-order valence-electron chi connectivity index (χ2n) is 4.50. The van der Waals surface area contributed by atoms with Crippen molar-refractivity contribution in [2.75, 3.05) is 13.1 Å². The lowest BCUT2D eigenvalue weighted by molar-refractivity contribution is 0.404. The van der Waals surface area contributed by atoms with Crippen molar-refractivity contribution in [1.82, 2.24) is 4.31 Å². The first-order valence-electron chi connectivity index (χ1n) is 5.26. The highest BCUT2D eigenvalue weighted by molar-refractivity contribution is 7.90. The van der Waals surface area contributed by atoms with Crippen LogP contribution in [-0.4, -0.2) is 37.1 Å². The molecule has 1 saturated carbocycles. The second-order valence-corrected chi connectivity index (χ2v) is 6.67. The average molecular weight is 218 g/mol. The van der Waals surface area contributed by atoms with Crippen molar-refractivity contribution in [2.45, 2.75) is 37.5 Å². The fourth-order valence-corrected chi connectivity index (χ4v) is 4.31. The summed E-state index contributed by atoms with van der Waals surface area (Å²) in [6.07, 6.45) is 2.61. The molecule has 2 fully saturated rings. The summed E-state index contributed by atoms with van der Waals surface area (Å²) < 4.78 is 25.6. The van der Waals surface area contributed by atoms with Crippen LogP contribution < -0.4 is 5.73 Å². The van der Waals surface area contributed by atoms with Crippen LogP contribution in [0.15, 0.2) is 0 Å². The van der Waals surface area contributed by atoms with E-state index in [9.17, 15) is 8.42 Å². The molecule has 2 N–H and O–H groups in total. The molecule has 0 aromatic rings. The Labute approximate surface area is 85.5 Å². The van der Waals surface area contributed by atoms with Gasteiger partial charge in [-0.3, -0.25) is 0 Å². The molecule has 0 bridgehead atoms. The molecule has 2 aliphatic rings. The third-order valence-corrected chi connectivity index (χ3v) is 5.69. The minimum absolute atomic E-state index is 0.0820. The zero-order chi connectivity index (χ0) is 10.3. The number of nitrogens with zero attached hydrogens (tertiary/aromatic N) is 1. The van der Waals surface area contributed by atoms with E-state index in [1.807, 2.05) is 6.92 Å². The van der Waals surface area contributed by atoms with Crippen molar-refractivity contribution in [2.24, 2.45) is 11.7 Å². The van der Waals surface area contributed by atoms with Gasteiger partial charge in [-0.25, -0.2) is 8.42 Å². The Bertz CT molecular complexity index is 311. The van der Waals surface area contributed by atoms with Gasteiger partial charge in [-0.05, 0) is 38.6 Å². The lowest BCUT2D eigenvalue weighted by Gasteiger charge is -2.20. The van der Waals surface area contributed by atoms with Crippen LogP contribution >= 0.6 is 0 Å². The predicted molar refractivity (Wildman–Crippen MR) is 55.3 cm³/mol. The van der Waals surface area contributed by atoms with E-state index in [1.165, 1.54) is 0 Å². The van der Waals surface area contributed by atoms with E-state index in [-0.39, 0.29) is 11.3 Å². The Morgan fingerprint density at radius 3 is 2.50 bits per heavy atom. The van der Waals surface area contributed by atoms with Crippen LogP contribution in [0.25, 0.3) is 0 Å². The Hall–Kier alpha value is -0.130. The molecule has 2 rings (SSSR count). The molecule has 0 aromatic heterocycles. The Morgan fingerprint density at radius 1 is 1.43 bits per heavy atom. The van der Waals surface area contributed by atoms with Crippen LogP contribution in [0.5, 0.6) is 0 Å². The number of sulfonamides is 1. The van der Waals surface area contributed by atoms with Gasteiger partial charge >= 0.3 is 0 Å². The maximum Gasteiger partial charge on any atom is 0.217 e. The van der Waals surface area contributed by atoms with Crippen LogP contribution in [0.3, 0.4) is 0 Å². The largest absolute Gasteiger partial charge is 0.330 e. The highest BCUT2D eigenvalue weighted by atomic mass is 32.2. The van der Waals surface area contributed by atoms with Gasteiger partial charge < -0.3 is 5.73 Å². The van der Waals surface area contributed by atoms with Crippen molar-refractivity contribution in [3.63, 3.8) is 0 Å². The maximum absolute atomic E-state index is 12.0. The van der Waals surface area contributed by atoms with Crippen LogP contribution in [0, 0.1) is 5.92 Å². The molecule has 0 aromatic carbocycles. The first-order valence-corrected chi connectivity index (χ1v) is 6.76. The molecule has 0 spiro atoms. The highest BCUT2D eigenvalue weighted by Crippen LogP contribution is 2.35. The third-order valence-electron chi connectivity index (χ3n) is 3.21. The van der Waals surface area contributed by atoms with E-state index in [0.29, 0.717) is 19.0 Å². The molecule has 1 heterocycles. The molecule has 1 saturated heterocycles. The summed E-state index contributed by atoms with van der Waals surface area (Å²) in [5, 5.41) is -0.0820.